The number of hydrogen-bond donors (Lipinski definition) is 1. The summed E-state index contributed by atoms with van der Waals surface area (Å²) in [5, 5.41) is 11.3. The number of halogens is 1. The highest BCUT2D eigenvalue weighted by molar-refractivity contribution is 6.31. The van der Waals surface area contributed by atoms with Gasteiger partial charge < -0.3 is 14.4 Å². The van der Waals surface area contributed by atoms with Crippen LogP contribution < -0.4 is 4.74 Å². The third-order valence-electron chi connectivity index (χ3n) is 3.60. The predicted octanol–water partition coefficient (Wildman–Crippen LogP) is 5.16. The van der Waals surface area contributed by atoms with Gasteiger partial charge in [-0.2, -0.15) is 0 Å². The lowest BCUT2D eigenvalue weighted by atomic mass is 10.2. The van der Waals surface area contributed by atoms with Crippen LogP contribution in [0.4, 0.5) is 0 Å². The van der Waals surface area contributed by atoms with Crippen molar-refractivity contribution in [1.82, 2.24) is 4.57 Å². The molecule has 0 saturated carbocycles. The molecule has 0 aliphatic carbocycles. The third-order valence-corrected chi connectivity index (χ3v) is 3.84. The summed E-state index contributed by atoms with van der Waals surface area (Å²) in [4.78, 5) is 0. The highest BCUT2D eigenvalue weighted by Gasteiger charge is 2.12. The van der Waals surface area contributed by atoms with E-state index in [0.29, 0.717) is 18.4 Å². The van der Waals surface area contributed by atoms with E-state index in [1.165, 1.54) is 0 Å². The van der Waals surface area contributed by atoms with Gasteiger partial charge in [-0.25, -0.2) is 0 Å². The zero-order chi connectivity index (χ0) is 15.7. The molecule has 22 heavy (non-hydrogen) atoms. The second-order valence-electron chi connectivity index (χ2n) is 5.59. The number of phenols is 1. The van der Waals surface area contributed by atoms with Gasteiger partial charge in [-0.3, -0.25) is 0 Å². The fourth-order valence-corrected chi connectivity index (χ4v) is 2.90. The monoisotopic (exact) mass is 315 g/mol. The summed E-state index contributed by atoms with van der Waals surface area (Å²) in [6.45, 7) is 4.73. The second-order valence-corrected chi connectivity index (χ2v) is 6.03. The summed E-state index contributed by atoms with van der Waals surface area (Å²) >= 11 is 6.08. The van der Waals surface area contributed by atoms with Crippen LogP contribution >= 0.6 is 11.6 Å². The maximum absolute atomic E-state index is 9.50. The first-order valence-electron chi connectivity index (χ1n) is 7.26. The van der Waals surface area contributed by atoms with Crippen molar-refractivity contribution in [2.75, 3.05) is 0 Å². The van der Waals surface area contributed by atoms with Crippen LogP contribution in [0.5, 0.6) is 11.5 Å². The van der Waals surface area contributed by atoms with E-state index in [2.05, 4.69) is 24.5 Å². The zero-order valence-corrected chi connectivity index (χ0v) is 13.3. The Morgan fingerprint density at radius 1 is 1.14 bits per heavy atom. The number of aromatic hydroxyl groups is 1. The van der Waals surface area contributed by atoms with Gasteiger partial charge in [-0.15, -0.1) is 0 Å². The second kappa shape index (κ2) is 5.93. The summed E-state index contributed by atoms with van der Waals surface area (Å²) < 4.78 is 8.05. The molecule has 0 bridgehead atoms. The first kappa shape index (κ1) is 14.8. The van der Waals surface area contributed by atoms with Gasteiger partial charge in [-0.1, -0.05) is 17.7 Å². The number of hydrogen-bond acceptors (Lipinski definition) is 2. The van der Waals surface area contributed by atoms with E-state index in [0.717, 1.165) is 21.6 Å². The minimum Gasteiger partial charge on any atom is -0.508 e. The summed E-state index contributed by atoms with van der Waals surface area (Å²) in [6.07, 6.45) is 0. The quantitative estimate of drug-likeness (QED) is 0.721. The molecule has 0 radical (unpaired) electrons. The van der Waals surface area contributed by atoms with Crippen molar-refractivity contribution in [2.24, 2.45) is 0 Å². The van der Waals surface area contributed by atoms with Crippen molar-refractivity contribution in [2.45, 2.75) is 26.5 Å². The van der Waals surface area contributed by atoms with Crippen LogP contribution in [0.2, 0.25) is 5.02 Å². The van der Waals surface area contributed by atoms with E-state index in [1.54, 1.807) is 18.2 Å². The Hall–Kier alpha value is -2.13. The fourth-order valence-electron chi connectivity index (χ4n) is 2.72. The minimum atomic E-state index is 0.202. The van der Waals surface area contributed by atoms with Crippen molar-refractivity contribution in [1.29, 1.82) is 0 Å². The highest BCUT2D eigenvalue weighted by atomic mass is 35.5. The Kier molecular flexibility index (Phi) is 3.99. The number of benzene rings is 2. The van der Waals surface area contributed by atoms with Gasteiger partial charge in [0.25, 0.3) is 0 Å². The van der Waals surface area contributed by atoms with Crippen molar-refractivity contribution >= 4 is 22.5 Å². The molecule has 1 N–H and O–H groups in total. The Morgan fingerprint density at radius 2 is 1.95 bits per heavy atom. The molecule has 1 heterocycles. The molecule has 1 aromatic heterocycles. The molecule has 0 aliphatic heterocycles. The predicted molar refractivity (Wildman–Crippen MR) is 89.8 cm³/mol. The number of ether oxygens (including phenoxy) is 1. The van der Waals surface area contributed by atoms with Crippen molar-refractivity contribution in [3.63, 3.8) is 0 Å². The average Bonchev–Trinajstić information content (AvgIpc) is 2.82. The smallest absolute Gasteiger partial charge is 0.128 e. The lowest BCUT2D eigenvalue weighted by Crippen LogP contribution is -2.08. The number of rotatable bonds is 4. The van der Waals surface area contributed by atoms with Crippen LogP contribution in [0.3, 0.4) is 0 Å². The first-order chi connectivity index (χ1) is 10.5. The third kappa shape index (κ3) is 2.90. The summed E-state index contributed by atoms with van der Waals surface area (Å²) in [5.41, 5.74) is 2.23. The Bertz CT molecular complexity index is 808. The number of phenolic OH excluding ortho intramolecular Hbond substituents is 1. The van der Waals surface area contributed by atoms with Crippen LogP contribution in [-0.4, -0.2) is 9.67 Å². The fraction of sp³-hybridized carbons (Fsp3) is 0.222. The van der Waals surface area contributed by atoms with Crippen molar-refractivity contribution in [3.8, 4) is 11.5 Å². The molecule has 0 amide bonds. The van der Waals surface area contributed by atoms with E-state index in [4.69, 9.17) is 16.3 Å². The van der Waals surface area contributed by atoms with Crippen molar-refractivity contribution < 1.29 is 9.84 Å². The van der Waals surface area contributed by atoms with Gasteiger partial charge in [0, 0.05) is 28.0 Å². The molecule has 3 rings (SSSR count). The summed E-state index contributed by atoms with van der Waals surface area (Å²) in [6, 6.07) is 15.2. The lowest BCUT2D eigenvalue weighted by molar-refractivity contribution is 0.291. The largest absolute Gasteiger partial charge is 0.508 e. The van der Waals surface area contributed by atoms with E-state index in [1.807, 2.05) is 24.3 Å². The SMILES string of the molecule is CC(C)n1c(COc2cccc(O)c2)cc2cc(Cl)ccc21. The van der Waals surface area contributed by atoms with E-state index in [9.17, 15) is 5.11 Å². The minimum absolute atomic E-state index is 0.202. The molecule has 0 spiro atoms. The normalized spacial score (nSPS) is 11.3. The molecule has 0 unspecified atom stereocenters. The van der Waals surface area contributed by atoms with Crippen LogP contribution in [0.25, 0.3) is 10.9 Å². The molecule has 0 aliphatic rings. The van der Waals surface area contributed by atoms with Gasteiger partial charge >= 0.3 is 0 Å². The maximum Gasteiger partial charge on any atom is 0.128 e. The summed E-state index contributed by atoms with van der Waals surface area (Å²) in [7, 11) is 0. The maximum atomic E-state index is 9.50. The summed E-state index contributed by atoms with van der Waals surface area (Å²) in [5.74, 6) is 0.854. The molecule has 114 valence electrons. The molecule has 4 heteroatoms. The first-order valence-corrected chi connectivity index (χ1v) is 7.63. The zero-order valence-electron chi connectivity index (χ0n) is 12.6. The van der Waals surface area contributed by atoms with Crippen LogP contribution in [-0.2, 0) is 6.61 Å². The molecular formula is C18H18ClNO2. The standard InChI is InChI=1S/C18H18ClNO2/c1-12(2)20-15(9-13-8-14(19)6-7-18(13)20)11-22-17-5-3-4-16(21)10-17/h3-10,12,21H,11H2,1-2H3. The average molecular weight is 316 g/mol. The van der Waals surface area contributed by atoms with E-state index >= 15 is 0 Å². The molecule has 3 nitrogen and oxygen atoms in total. The molecule has 0 fully saturated rings. The lowest BCUT2D eigenvalue weighted by Gasteiger charge is -2.15. The molecule has 0 atom stereocenters. The van der Waals surface area contributed by atoms with Gasteiger partial charge in [-0.05, 0) is 50.2 Å². The molecule has 2 aromatic carbocycles. The Labute approximate surface area is 134 Å². The van der Waals surface area contributed by atoms with Gasteiger partial charge in [0.15, 0.2) is 0 Å². The van der Waals surface area contributed by atoms with Crippen molar-refractivity contribution in [3.05, 3.63) is 59.2 Å². The number of aromatic nitrogens is 1. The Balaban J connectivity index is 1.94. The Morgan fingerprint density at radius 3 is 2.68 bits per heavy atom. The highest BCUT2D eigenvalue weighted by Crippen LogP contribution is 2.28. The van der Waals surface area contributed by atoms with Gasteiger partial charge in [0.05, 0.1) is 5.69 Å². The molecule has 3 aromatic rings. The van der Waals surface area contributed by atoms with Crippen LogP contribution in [0.1, 0.15) is 25.6 Å². The van der Waals surface area contributed by atoms with E-state index < -0.39 is 0 Å². The molecular weight excluding hydrogens is 298 g/mol. The number of nitrogens with zero attached hydrogens (tertiary/aromatic N) is 1. The number of fused-ring (bicyclic) bond motifs is 1. The van der Waals surface area contributed by atoms with Gasteiger partial charge in [0.2, 0.25) is 0 Å². The molecule has 0 saturated heterocycles. The van der Waals surface area contributed by atoms with E-state index in [-0.39, 0.29) is 5.75 Å². The van der Waals surface area contributed by atoms with Crippen LogP contribution in [0, 0.1) is 0 Å². The van der Waals surface area contributed by atoms with Gasteiger partial charge in [0.1, 0.15) is 18.1 Å². The van der Waals surface area contributed by atoms with Crippen LogP contribution in [0.15, 0.2) is 48.5 Å². The topological polar surface area (TPSA) is 34.4 Å².